The smallest absolute Gasteiger partial charge is 0.306 e. The van der Waals surface area contributed by atoms with E-state index in [4.69, 9.17) is 18.9 Å². The van der Waals surface area contributed by atoms with Gasteiger partial charge in [0.1, 0.15) is 31.0 Å². The van der Waals surface area contributed by atoms with Gasteiger partial charge in [0.2, 0.25) is 0 Å². The Morgan fingerprint density at radius 1 is 0.574 bits per heavy atom. The first-order valence-corrected chi connectivity index (χ1v) is 19.1. The van der Waals surface area contributed by atoms with Gasteiger partial charge >= 0.3 is 11.9 Å². The second-order valence-electron chi connectivity index (χ2n) is 13.4. The molecule has 1 rings (SSSR count). The molecule has 1 fully saturated rings. The molecule has 0 bridgehead atoms. The zero-order valence-corrected chi connectivity index (χ0v) is 29.8. The number of ether oxygens (including phenoxy) is 4. The third kappa shape index (κ3) is 22.1. The number of unbranched alkanes of at least 4 members (excludes halogenated alkanes) is 20. The van der Waals surface area contributed by atoms with Gasteiger partial charge in [0.05, 0.1) is 13.2 Å². The van der Waals surface area contributed by atoms with Gasteiger partial charge in [0.25, 0.3) is 0 Å². The average Bonchev–Trinajstić information content (AvgIpc) is 3.06. The van der Waals surface area contributed by atoms with E-state index < -0.39 is 49.4 Å². The van der Waals surface area contributed by atoms with Crippen LogP contribution in [0.15, 0.2) is 0 Å². The minimum absolute atomic E-state index is 0.210. The Morgan fingerprint density at radius 3 is 1.45 bits per heavy atom. The van der Waals surface area contributed by atoms with Crippen LogP contribution < -0.4 is 0 Å². The average molecular weight is 675 g/mol. The zero-order valence-electron chi connectivity index (χ0n) is 29.8. The predicted octanol–water partition coefficient (Wildman–Crippen LogP) is 6.66. The van der Waals surface area contributed by atoms with Crippen LogP contribution in [-0.4, -0.2) is 89.0 Å². The topological polar surface area (TPSA) is 152 Å². The van der Waals surface area contributed by atoms with Crippen LogP contribution in [0.4, 0.5) is 0 Å². The van der Waals surface area contributed by atoms with Crippen LogP contribution in [0, 0.1) is 0 Å². The molecule has 1 saturated heterocycles. The first-order chi connectivity index (χ1) is 22.8. The van der Waals surface area contributed by atoms with Crippen molar-refractivity contribution in [3.63, 3.8) is 0 Å². The molecule has 10 nitrogen and oxygen atoms in total. The summed E-state index contributed by atoms with van der Waals surface area (Å²) in [6, 6.07) is 0. The molecule has 0 spiro atoms. The molecule has 0 saturated carbocycles. The van der Waals surface area contributed by atoms with Crippen LogP contribution in [0.2, 0.25) is 0 Å². The molecule has 1 aliphatic heterocycles. The number of hydrogen-bond donors (Lipinski definition) is 4. The molecule has 1 heterocycles. The van der Waals surface area contributed by atoms with Crippen LogP contribution in [0.5, 0.6) is 0 Å². The Morgan fingerprint density at radius 2 is 1.00 bits per heavy atom. The van der Waals surface area contributed by atoms with E-state index in [-0.39, 0.29) is 32.0 Å². The molecule has 1 aliphatic rings. The summed E-state index contributed by atoms with van der Waals surface area (Å²) in [5, 5.41) is 39.8. The van der Waals surface area contributed by atoms with Crippen molar-refractivity contribution < 1.29 is 49.0 Å². The second kappa shape index (κ2) is 29.6. The number of aliphatic hydroxyl groups is 4. The fourth-order valence-electron chi connectivity index (χ4n) is 5.89. The molecule has 0 amide bonds. The molecule has 278 valence electrons. The maximum Gasteiger partial charge on any atom is 0.306 e. The number of carbonyl (C=O) groups is 2. The van der Waals surface area contributed by atoms with E-state index in [0.29, 0.717) is 6.42 Å². The maximum absolute atomic E-state index is 12.6. The fraction of sp³-hybridized carbons (Fsp3) is 0.946. The summed E-state index contributed by atoms with van der Waals surface area (Å²) in [5.41, 5.74) is 0. The van der Waals surface area contributed by atoms with Crippen LogP contribution in [0.1, 0.15) is 168 Å². The number of hydrogen-bond acceptors (Lipinski definition) is 10. The third-order valence-electron chi connectivity index (χ3n) is 8.99. The summed E-state index contributed by atoms with van der Waals surface area (Å²) >= 11 is 0. The molecule has 0 aromatic heterocycles. The second-order valence-corrected chi connectivity index (χ2v) is 13.4. The number of esters is 2. The first-order valence-electron chi connectivity index (χ1n) is 19.1. The van der Waals surface area contributed by atoms with Crippen molar-refractivity contribution in [3.05, 3.63) is 0 Å². The van der Waals surface area contributed by atoms with Crippen LogP contribution in [-0.2, 0) is 28.5 Å². The van der Waals surface area contributed by atoms with E-state index in [0.717, 1.165) is 38.5 Å². The van der Waals surface area contributed by atoms with E-state index in [1.807, 2.05) is 0 Å². The van der Waals surface area contributed by atoms with E-state index in [1.165, 1.54) is 96.3 Å². The largest absolute Gasteiger partial charge is 0.462 e. The summed E-state index contributed by atoms with van der Waals surface area (Å²) in [5.74, 6) is -0.802. The first kappa shape index (κ1) is 43.7. The molecule has 4 N–H and O–H groups in total. The van der Waals surface area contributed by atoms with Gasteiger partial charge in [-0.3, -0.25) is 9.59 Å². The summed E-state index contributed by atoms with van der Waals surface area (Å²) in [7, 11) is 0. The van der Waals surface area contributed by atoms with Gasteiger partial charge < -0.3 is 39.4 Å². The highest BCUT2D eigenvalue weighted by atomic mass is 16.7. The van der Waals surface area contributed by atoms with Crippen molar-refractivity contribution in [2.45, 2.75) is 205 Å². The Hall–Kier alpha value is -1.30. The molecular formula is C37H70O10. The summed E-state index contributed by atoms with van der Waals surface area (Å²) in [6.45, 7) is 3.39. The zero-order chi connectivity index (χ0) is 34.5. The number of carbonyl (C=O) groups excluding carboxylic acids is 2. The van der Waals surface area contributed by atoms with Crippen LogP contribution in [0.25, 0.3) is 0 Å². The Balaban J connectivity index is 2.38. The lowest BCUT2D eigenvalue weighted by atomic mass is 9.99. The summed E-state index contributed by atoms with van der Waals surface area (Å²) in [4.78, 5) is 25.1. The third-order valence-corrected chi connectivity index (χ3v) is 8.99. The van der Waals surface area contributed by atoms with Crippen molar-refractivity contribution >= 4 is 11.9 Å². The van der Waals surface area contributed by atoms with Gasteiger partial charge in [-0.05, 0) is 12.8 Å². The van der Waals surface area contributed by atoms with Gasteiger partial charge in [-0.1, -0.05) is 142 Å². The molecule has 0 aromatic rings. The van der Waals surface area contributed by atoms with Crippen molar-refractivity contribution in [2.75, 3.05) is 19.8 Å². The van der Waals surface area contributed by atoms with Crippen LogP contribution >= 0.6 is 0 Å². The molecule has 0 aliphatic carbocycles. The minimum atomic E-state index is -1.59. The standard InChI is InChI=1S/C37H70O10/c1-3-5-7-9-11-13-14-15-16-18-19-21-23-25-32(39)44-28-30(29-45-37-36(43)35(42)34(41)31(27-38)47-37)46-33(40)26-24-22-20-17-12-10-8-6-4-2/h30-31,34-38,41-43H,3-29H2,1-2H3/t30-,31-,34+,35?,36?,37-/m0/s1. The lowest BCUT2D eigenvalue weighted by molar-refractivity contribution is -0.305. The van der Waals surface area contributed by atoms with E-state index in [2.05, 4.69) is 13.8 Å². The van der Waals surface area contributed by atoms with Crippen molar-refractivity contribution in [1.29, 1.82) is 0 Å². The molecule has 0 aromatic carbocycles. The normalized spacial score (nSPS) is 21.9. The molecule has 0 radical (unpaired) electrons. The lowest BCUT2D eigenvalue weighted by Crippen LogP contribution is -2.59. The Kier molecular flexibility index (Phi) is 27.5. The van der Waals surface area contributed by atoms with Crippen molar-refractivity contribution in [1.82, 2.24) is 0 Å². The summed E-state index contributed by atoms with van der Waals surface area (Å²) in [6.07, 6.45) is 18.4. The van der Waals surface area contributed by atoms with E-state index >= 15 is 0 Å². The predicted molar refractivity (Wildman–Crippen MR) is 183 cm³/mol. The van der Waals surface area contributed by atoms with Gasteiger partial charge in [0.15, 0.2) is 12.4 Å². The molecular weight excluding hydrogens is 604 g/mol. The van der Waals surface area contributed by atoms with Crippen molar-refractivity contribution in [3.8, 4) is 0 Å². The van der Waals surface area contributed by atoms with Gasteiger partial charge in [-0.25, -0.2) is 0 Å². The fourth-order valence-corrected chi connectivity index (χ4v) is 5.89. The van der Waals surface area contributed by atoms with E-state index in [1.54, 1.807) is 0 Å². The lowest BCUT2D eigenvalue weighted by Gasteiger charge is -2.39. The van der Waals surface area contributed by atoms with E-state index in [9.17, 15) is 30.0 Å². The minimum Gasteiger partial charge on any atom is -0.462 e. The highest BCUT2D eigenvalue weighted by Crippen LogP contribution is 2.22. The van der Waals surface area contributed by atoms with Gasteiger partial charge in [-0.15, -0.1) is 0 Å². The molecule has 2 unspecified atom stereocenters. The Labute approximate surface area is 285 Å². The SMILES string of the molecule is CCCCCCCCCCCCCCCC(=O)OC[C@@H](CO[C@H]1O[C@@H](CO)[C@@H](O)C(O)C1O)OC(=O)CCCCCCCCCCC. The summed E-state index contributed by atoms with van der Waals surface area (Å²) < 4.78 is 22.0. The quantitative estimate of drug-likeness (QED) is 0.0464. The molecule has 6 atom stereocenters. The number of rotatable bonds is 31. The monoisotopic (exact) mass is 674 g/mol. The van der Waals surface area contributed by atoms with Gasteiger partial charge in [0, 0.05) is 12.8 Å². The Bertz CT molecular complexity index is 749. The highest BCUT2D eigenvalue weighted by molar-refractivity contribution is 5.70. The molecule has 47 heavy (non-hydrogen) atoms. The maximum atomic E-state index is 12.6. The van der Waals surface area contributed by atoms with Crippen LogP contribution in [0.3, 0.4) is 0 Å². The highest BCUT2D eigenvalue weighted by Gasteiger charge is 2.44. The van der Waals surface area contributed by atoms with Gasteiger partial charge in [-0.2, -0.15) is 0 Å². The number of aliphatic hydroxyl groups excluding tert-OH is 4. The van der Waals surface area contributed by atoms with Crippen molar-refractivity contribution in [2.24, 2.45) is 0 Å². The molecule has 10 heteroatoms.